The number of thiazole rings is 1. The Kier molecular flexibility index (Phi) is 7.99. The molecule has 0 atom stereocenters. The van der Waals surface area contributed by atoms with Gasteiger partial charge in [-0.25, -0.2) is 22.2 Å². The first-order valence-electron chi connectivity index (χ1n) is 12.3. The monoisotopic (exact) mass is 571 g/mol. The molecular weight excluding hydrogens is 540 g/mol. The molecule has 0 aliphatic carbocycles. The number of nitrogens with zero attached hydrogens (tertiary/aromatic N) is 1. The van der Waals surface area contributed by atoms with Crippen LogP contribution < -0.4 is 15.2 Å². The Hall–Kier alpha value is -3.50. The lowest BCUT2D eigenvalue weighted by Crippen LogP contribution is -2.15. The van der Waals surface area contributed by atoms with E-state index in [9.17, 15) is 17.2 Å². The Morgan fingerprint density at radius 1 is 1.03 bits per heavy atom. The third-order valence-electron chi connectivity index (χ3n) is 6.10. The Morgan fingerprint density at radius 2 is 1.69 bits per heavy atom. The molecule has 3 N–H and O–H groups in total. The number of anilines is 2. The fraction of sp³-hybridized carbons (Fsp3) is 0.276. The van der Waals surface area contributed by atoms with E-state index in [0.29, 0.717) is 28.5 Å². The number of rotatable bonds is 8. The maximum absolute atomic E-state index is 14.8. The number of hydrogen-bond donors (Lipinski definition) is 2. The van der Waals surface area contributed by atoms with E-state index < -0.39 is 26.6 Å². The Morgan fingerprint density at radius 3 is 2.36 bits per heavy atom. The first kappa shape index (κ1) is 28.5. The van der Waals surface area contributed by atoms with Crippen LogP contribution in [0.4, 0.5) is 19.6 Å². The molecule has 39 heavy (non-hydrogen) atoms. The summed E-state index contributed by atoms with van der Waals surface area (Å²) < 4.78 is 63.8. The molecule has 1 aromatic heterocycles. The zero-order valence-corrected chi connectivity index (χ0v) is 24.1. The van der Waals surface area contributed by atoms with Crippen molar-refractivity contribution >= 4 is 32.2 Å². The molecule has 0 aliphatic heterocycles. The molecule has 1 heterocycles. The second kappa shape index (κ2) is 10.9. The number of halogens is 2. The highest BCUT2D eigenvalue weighted by Gasteiger charge is 2.25. The van der Waals surface area contributed by atoms with Gasteiger partial charge in [0.15, 0.2) is 10.9 Å². The third kappa shape index (κ3) is 6.57. The maximum Gasteiger partial charge on any atom is 0.266 e. The largest absolute Gasteiger partial charge is 0.493 e. The van der Waals surface area contributed by atoms with Gasteiger partial charge in [0, 0.05) is 17.2 Å². The highest BCUT2D eigenvalue weighted by Crippen LogP contribution is 2.43. The minimum absolute atomic E-state index is 0.00365. The van der Waals surface area contributed by atoms with E-state index in [0.717, 1.165) is 40.5 Å². The molecule has 0 aliphatic rings. The van der Waals surface area contributed by atoms with Gasteiger partial charge in [-0.1, -0.05) is 56.4 Å². The van der Waals surface area contributed by atoms with Crippen molar-refractivity contribution in [2.75, 3.05) is 17.1 Å². The zero-order valence-electron chi connectivity index (χ0n) is 22.4. The molecule has 0 saturated heterocycles. The van der Waals surface area contributed by atoms with Gasteiger partial charge in [-0.05, 0) is 61.1 Å². The Bertz CT molecular complexity index is 1610. The molecule has 0 saturated carbocycles. The van der Waals surface area contributed by atoms with Crippen LogP contribution in [0.25, 0.3) is 21.7 Å². The van der Waals surface area contributed by atoms with Gasteiger partial charge in [0.05, 0.1) is 22.9 Å². The quantitative estimate of drug-likeness (QED) is 0.213. The summed E-state index contributed by atoms with van der Waals surface area (Å²) in [7, 11) is -4.35. The van der Waals surface area contributed by atoms with Crippen molar-refractivity contribution in [3.8, 4) is 27.4 Å². The highest BCUT2D eigenvalue weighted by atomic mass is 32.2. The van der Waals surface area contributed by atoms with Crippen LogP contribution in [0.15, 0.2) is 59.5 Å². The van der Waals surface area contributed by atoms with E-state index in [4.69, 9.17) is 10.5 Å². The lowest BCUT2D eigenvalue weighted by Gasteiger charge is -2.18. The number of nitrogens with one attached hydrogen (secondary N) is 1. The average molecular weight is 572 g/mol. The van der Waals surface area contributed by atoms with Crippen LogP contribution in [-0.2, 0) is 10.0 Å². The van der Waals surface area contributed by atoms with Gasteiger partial charge < -0.3 is 10.5 Å². The molecule has 4 rings (SSSR count). The van der Waals surface area contributed by atoms with E-state index in [1.54, 1.807) is 6.07 Å². The lowest BCUT2D eigenvalue weighted by atomic mass is 9.93. The van der Waals surface area contributed by atoms with Gasteiger partial charge >= 0.3 is 0 Å². The summed E-state index contributed by atoms with van der Waals surface area (Å²) >= 11 is 1.02. The molecular formula is C29H31F2N3O3S2. The van der Waals surface area contributed by atoms with Crippen LogP contribution in [0.5, 0.6) is 5.75 Å². The standard InChI is InChI=1S/C29H31F2N3O3S2/c1-17-8-6-9-18(2)24(17)26-27(19-14-20(30)16-21(15-19)37-13-12-29(3,4)5)38-28(33-26)34-39(35,36)23-11-7-10-22(32)25(23)31/h6-11,14-16H,12-13,32H2,1-5H3,(H,33,34). The van der Waals surface area contributed by atoms with Crippen LogP contribution in [0.3, 0.4) is 0 Å². The van der Waals surface area contributed by atoms with Crippen molar-refractivity contribution < 1.29 is 21.9 Å². The minimum atomic E-state index is -4.35. The molecule has 4 aromatic rings. The van der Waals surface area contributed by atoms with E-state index >= 15 is 0 Å². The summed E-state index contributed by atoms with van der Waals surface area (Å²) in [5.41, 5.74) is 8.94. The fourth-order valence-corrected chi connectivity index (χ4v) is 6.38. The molecule has 3 aromatic carbocycles. The van der Waals surface area contributed by atoms with Gasteiger partial charge in [-0.15, -0.1) is 0 Å². The molecule has 0 unspecified atom stereocenters. The first-order chi connectivity index (χ1) is 18.2. The smallest absolute Gasteiger partial charge is 0.266 e. The van der Waals surface area contributed by atoms with Crippen molar-refractivity contribution in [2.24, 2.45) is 5.41 Å². The second-order valence-electron chi connectivity index (χ2n) is 10.6. The number of aromatic nitrogens is 1. The number of nitrogen functional groups attached to an aromatic ring is 1. The third-order valence-corrected chi connectivity index (χ3v) is 8.61. The highest BCUT2D eigenvalue weighted by molar-refractivity contribution is 7.93. The zero-order chi connectivity index (χ0) is 28.5. The second-order valence-corrected chi connectivity index (χ2v) is 13.2. The van der Waals surface area contributed by atoms with Gasteiger partial charge in [0.1, 0.15) is 16.5 Å². The van der Waals surface area contributed by atoms with Crippen LogP contribution in [0.2, 0.25) is 0 Å². The van der Waals surface area contributed by atoms with Crippen LogP contribution >= 0.6 is 11.3 Å². The molecule has 0 spiro atoms. The molecule has 0 amide bonds. The summed E-state index contributed by atoms with van der Waals surface area (Å²) in [6.07, 6.45) is 0.777. The fourth-order valence-electron chi connectivity index (χ4n) is 4.07. The Balaban J connectivity index is 1.81. The average Bonchev–Trinajstić information content (AvgIpc) is 3.22. The van der Waals surface area contributed by atoms with E-state index in [1.807, 2.05) is 32.0 Å². The van der Waals surface area contributed by atoms with Gasteiger partial charge in [-0.3, -0.25) is 4.72 Å². The van der Waals surface area contributed by atoms with Crippen molar-refractivity contribution in [3.63, 3.8) is 0 Å². The summed E-state index contributed by atoms with van der Waals surface area (Å²) in [6, 6.07) is 13.9. The molecule has 206 valence electrons. The predicted octanol–water partition coefficient (Wildman–Crippen LogP) is 7.57. The summed E-state index contributed by atoms with van der Waals surface area (Å²) in [5, 5.41) is 0.00365. The predicted molar refractivity (Wildman–Crippen MR) is 154 cm³/mol. The van der Waals surface area contributed by atoms with Gasteiger partial charge in [0.2, 0.25) is 0 Å². The van der Waals surface area contributed by atoms with Crippen LogP contribution in [0.1, 0.15) is 38.3 Å². The number of sulfonamides is 1. The van der Waals surface area contributed by atoms with Crippen molar-refractivity contribution in [1.82, 2.24) is 4.98 Å². The van der Waals surface area contributed by atoms with Crippen LogP contribution in [-0.4, -0.2) is 20.0 Å². The van der Waals surface area contributed by atoms with Crippen molar-refractivity contribution in [1.29, 1.82) is 0 Å². The topological polar surface area (TPSA) is 94.3 Å². The minimum Gasteiger partial charge on any atom is -0.493 e. The van der Waals surface area contributed by atoms with E-state index in [1.165, 1.54) is 24.3 Å². The molecule has 0 fully saturated rings. The van der Waals surface area contributed by atoms with Gasteiger partial charge in [0.25, 0.3) is 10.0 Å². The van der Waals surface area contributed by atoms with E-state index in [2.05, 4.69) is 30.5 Å². The number of hydrogen-bond acceptors (Lipinski definition) is 6. The summed E-state index contributed by atoms with van der Waals surface area (Å²) in [5.74, 6) is -1.18. The maximum atomic E-state index is 14.8. The number of aryl methyl sites for hydroxylation is 2. The first-order valence-corrected chi connectivity index (χ1v) is 14.6. The van der Waals surface area contributed by atoms with Crippen LogP contribution in [0, 0.1) is 30.9 Å². The lowest BCUT2D eigenvalue weighted by molar-refractivity contribution is 0.242. The van der Waals surface area contributed by atoms with E-state index in [-0.39, 0.29) is 16.2 Å². The number of ether oxygens (including phenoxy) is 1. The molecule has 10 heteroatoms. The normalized spacial score (nSPS) is 12.0. The summed E-state index contributed by atoms with van der Waals surface area (Å²) in [6.45, 7) is 10.5. The number of nitrogens with two attached hydrogens (primary N) is 1. The summed E-state index contributed by atoms with van der Waals surface area (Å²) in [4.78, 5) is 4.56. The van der Waals surface area contributed by atoms with Crippen molar-refractivity contribution in [2.45, 2.75) is 45.9 Å². The van der Waals surface area contributed by atoms with Crippen molar-refractivity contribution in [3.05, 3.63) is 77.4 Å². The van der Waals surface area contributed by atoms with Gasteiger partial charge in [-0.2, -0.15) is 0 Å². The molecule has 0 radical (unpaired) electrons. The number of benzene rings is 3. The SMILES string of the molecule is Cc1cccc(C)c1-c1nc(NS(=O)(=O)c2cccc(N)c2F)sc1-c1cc(F)cc(OCCC(C)(C)C)c1. The molecule has 0 bridgehead atoms. The molecule has 6 nitrogen and oxygen atoms in total. The Labute approximate surface area is 231 Å².